The number of anilines is 1. The molecule has 2 aromatic rings. The lowest BCUT2D eigenvalue weighted by atomic mass is 9.85. The highest BCUT2D eigenvalue weighted by molar-refractivity contribution is 6.39. The van der Waals surface area contributed by atoms with Crippen molar-refractivity contribution in [3.05, 3.63) is 63.4 Å². The quantitative estimate of drug-likeness (QED) is 0.728. The summed E-state index contributed by atoms with van der Waals surface area (Å²) in [5.41, 5.74) is 3.20. The molecule has 0 bridgehead atoms. The zero-order valence-electron chi connectivity index (χ0n) is 11.9. The van der Waals surface area contributed by atoms with Crippen molar-refractivity contribution in [1.29, 1.82) is 0 Å². The molecule has 3 rings (SSSR count). The van der Waals surface area contributed by atoms with Crippen LogP contribution in [0.25, 0.3) is 0 Å². The summed E-state index contributed by atoms with van der Waals surface area (Å²) in [5, 5.41) is 4.03. The normalized spacial score (nSPS) is 19.4. The molecule has 4 heteroatoms. The fourth-order valence-corrected chi connectivity index (χ4v) is 3.66. The van der Waals surface area contributed by atoms with E-state index < -0.39 is 5.82 Å². The van der Waals surface area contributed by atoms with Gasteiger partial charge in [-0.25, -0.2) is 4.39 Å². The van der Waals surface area contributed by atoms with Crippen LogP contribution in [0.4, 0.5) is 10.1 Å². The average molecular weight is 324 g/mol. The molecule has 0 saturated carbocycles. The third kappa shape index (κ3) is 2.63. The lowest BCUT2D eigenvalue weighted by Gasteiger charge is -2.30. The molecule has 0 aliphatic heterocycles. The van der Waals surface area contributed by atoms with Gasteiger partial charge < -0.3 is 5.32 Å². The highest BCUT2D eigenvalue weighted by atomic mass is 35.5. The first-order chi connectivity index (χ1) is 9.88. The summed E-state index contributed by atoms with van der Waals surface area (Å²) in [4.78, 5) is 0. The van der Waals surface area contributed by atoms with Crippen molar-refractivity contribution in [2.75, 3.05) is 5.32 Å². The molecule has 110 valence electrons. The molecule has 1 aliphatic rings. The van der Waals surface area contributed by atoms with Crippen LogP contribution in [-0.2, 0) is 6.42 Å². The van der Waals surface area contributed by atoms with Crippen LogP contribution in [0.5, 0.6) is 0 Å². The number of rotatable bonds is 2. The minimum Gasteiger partial charge on any atom is -0.375 e. The molecule has 1 unspecified atom stereocenters. The maximum Gasteiger partial charge on any atom is 0.126 e. The summed E-state index contributed by atoms with van der Waals surface area (Å²) >= 11 is 12.3. The van der Waals surface area contributed by atoms with Gasteiger partial charge in [-0.3, -0.25) is 0 Å². The van der Waals surface area contributed by atoms with Crippen LogP contribution in [0.2, 0.25) is 10.0 Å². The summed E-state index contributed by atoms with van der Waals surface area (Å²) < 4.78 is 13.3. The number of hydrogen-bond donors (Lipinski definition) is 1. The van der Waals surface area contributed by atoms with Crippen LogP contribution in [0.1, 0.15) is 31.0 Å². The largest absolute Gasteiger partial charge is 0.375 e. The maximum absolute atomic E-state index is 13.3. The van der Waals surface area contributed by atoms with Gasteiger partial charge in [0, 0.05) is 0 Å². The highest BCUT2D eigenvalue weighted by Gasteiger charge is 2.39. The number of fused-ring (bicyclic) bond motifs is 1. The number of hydrogen-bond acceptors (Lipinski definition) is 1. The Hall–Kier alpha value is -1.25. The molecule has 0 fully saturated rings. The number of nitrogens with one attached hydrogen (secondary N) is 1. The molecule has 0 spiro atoms. The Morgan fingerprint density at radius 2 is 1.76 bits per heavy atom. The second-order valence-corrected chi connectivity index (χ2v) is 7.00. The van der Waals surface area contributed by atoms with Gasteiger partial charge in [-0.1, -0.05) is 61.3 Å². The summed E-state index contributed by atoms with van der Waals surface area (Å²) in [5.74, 6) is -0.429. The van der Waals surface area contributed by atoms with Gasteiger partial charge in [0.25, 0.3) is 0 Å². The van der Waals surface area contributed by atoms with Gasteiger partial charge in [0.05, 0.1) is 21.8 Å². The zero-order valence-corrected chi connectivity index (χ0v) is 13.4. The van der Waals surface area contributed by atoms with Gasteiger partial charge in [-0.15, -0.1) is 0 Å². The van der Waals surface area contributed by atoms with Crippen LogP contribution < -0.4 is 5.32 Å². The van der Waals surface area contributed by atoms with Gasteiger partial charge in [0.1, 0.15) is 5.82 Å². The van der Waals surface area contributed by atoms with E-state index in [-0.39, 0.29) is 11.5 Å². The van der Waals surface area contributed by atoms with Crippen molar-refractivity contribution in [2.24, 2.45) is 5.41 Å². The molecule has 1 N–H and O–H groups in total. The molecular weight excluding hydrogens is 308 g/mol. The Bertz CT molecular complexity index is 674. The van der Waals surface area contributed by atoms with E-state index in [4.69, 9.17) is 23.2 Å². The van der Waals surface area contributed by atoms with E-state index in [0.717, 1.165) is 6.42 Å². The highest BCUT2D eigenvalue weighted by Crippen LogP contribution is 2.48. The monoisotopic (exact) mass is 323 g/mol. The Balaban J connectivity index is 2.02. The molecule has 2 aromatic carbocycles. The summed E-state index contributed by atoms with van der Waals surface area (Å²) in [6, 6.07) is 11.0. The molecule has 0 heterocycles. The molecule has 21 heavy (non-hydrogen) atoms. The average Bonchev–Trinajstić information content (AvgIpc) is 2.63. The third-order valence-electron chi connectivity index (χ3n) is 4.09. The molecular formula is C17H16Cl2FN. The van der Waals surface area contributed by atoms with Crippen molar-refractivity contribution in [2.45, 2.75) is 26.3 Å². The molecule has 0 amide bonds. The fourth-order valence-electron chi connectivity index (χ4n) is 3.09. The second kappa shape index (κ2) is 5.19. The Kier molecular flexibility index (Phi) is 3.62. The minimum atomic E-state index is -0.429. The summed E-state index contributed by atoms with van der Waals surface area (Å²) in [7, 11) is 0. The molecule has 0 aromatic heterocycles. The fraction of sp³-hybridized carbons (Fsp3) is 0.294. The zero-order chi connectivity index (χ0) is 15.2. The van der Waals surface area contributed by atoms with E-state index in [0.29, 0.717) is 15.7 Å². The smallest absolute Gasteiger partial charge is 0.126 e. The van der Waals surface area contributed by atoms with Crippen molar-refractivity contribution < 1.29 is 4.39 Å². The molecule has 0 radical (unpaired) electrons. The molecule has 1 atom stereocenters. The first kappa shape index (κ1) is 14.7. The summed E-state index contributed by atoms with van der Waals surface area (Å²) in [6.45, 7) is 4.41. The first-order valence-electron chi connectivity index (χ1n) is 6.87. The molecule has 1 nitrogen and oxygen atoms in total. The van der Waals surface area contributed by atoms with E-state index in [1.165, 1.54) is 23.3 Å². The SMILES string of the molecule is CC1(C)Cc2ccccc2C1Nc1c(Cl)cc(F)cc1Cl. The second-order valence-electron chi connectivity index (χ2n) is 6.19. The first-order valence-corrected chi connectivity index (χ1v) is 7.63. The third-order valence-corrected chi connectivity index (χ3v) is 4.69. The van der Waals surface area contributed by atoms with Gasteiger partial charge in [-0.05, 0) is 35.1 Å². The van der Waals surface area contributed by atoms with Crippen molar-refractivity contribution in [3.63, 3.8) is 0 Å². The van der Waals surface area contributed by atoms with E-state index >= 15 is 0 Å². The van der Waals surface area contributed by atoms with Gasteiger partial charge in [0.15, 0.2) is 0 Å². The van der Waals surface area contributed by atoms with Crippen LogP contribution in [0.3, 0.4) is 0 Å². The van der Waals surface area contributed by atoms with Crippen LogP contribution in [0.15, 0.2) is 36.4 Å². The van der Waals surface area contributed by atoms with Crippen LogP contribution in [0, 0.1) is 11.2 Å². The molecule has 1 aliphatic carbocycles. The van der Waals surface area contributed by atoms with Crippen LogP contribution in [-0.4, -0.2) is 0 Å². The van der Waals surface area contributed by atoms with E-state index in [1.807, 2.05) is 6.07 Å². The van der Waals surface area contributed by atoms with E-state index in [9.17, 15) is 4.39 Å². The predicted molar refractivity (Wildman–Crippen MR) is 86.7 cm³/mol. The standard InChI is InChI=1S/C17H16Cl2FN/c1-17(2)9-10-5-3-4-6-12(10)16(17)21-15-13(18)7-11(20)8-14(15)19/h3-8,16,21H,9H2,1-2H3. The van der Waals surface area contributed by atoms with Gasteiger partial charge in [0.2, 0.25) is 0 Å². The minimum absolute atomic E-state index is 0.0325. The predicted octanol–water partition coefficient (Wildman–Crippen LogP) is 5.87. The van der Waals surface area contributed by atoms with E-state index in [1.54, 1.807) is 0 Å². The van der Waals surface area contributed by atoms with Crippen molar-refractivity contribution >= 4 is 28.9 Å². The van der Waals surface area contributed by atoms with Crippen molar-refractivity contribution in [3.8, 4) is 0 Å². The Morgan fingerprint density at radius 3 is 2.43 bits per heavy atom. The van der Waals surface area contributed by atoms with Crippen molar-refractivity contribution in [1.82, 2.24) is 0 Å². The van der Waals surface area contributed by atoms with Gasteiger partial charge in [-0.2, -0.15) is 0 Å². The Labute approximate surface area is 134 Å². The lowest BCUT2D eigenvalue weighted by molar-refractivity contribution is 0.337. The van der Waals surface area contributed by atoms with E-state index in [2.05, 4.69) is 37.4 Å². The summed E-state index contributed by atoms with van der Waals surface area (Å²) in [6.07, 6.45) is 0.983. The Morgan fingerprint density at radius 1 is 1.14 bits per heavy atom. The number of benzene rings is 2. The van der Waals surface area contributed by atoms with Crippen LogP contribution >= 0.6 is 23.2 Å². The number of halogens is 3. The lowest BCUT2D eigenvalue weighted by Crippen LogP contribution is -2.24. The molecule has 0 saturated heterocycles. The van der Waals surface area contributed by atoms with Gasteiger partial charge >= 0.3 is 0 Å². The topological polar surface area (TPSA) is 12.0 Å². The maximum atomic E-state index is 13.3.